The van der Waals surface area contributed by atoms with E-state index in [2.05, 4.69) is 5.32 Å². The molecule has 1 atom stereocenters. The van der Waals surface area contributed by atoms with Gasteiger partial charge in [-0.1, -0.05) is 13.0 Å². The number of carbonyl (C=O) groups is 1. The fourth-order valence-corrected chi connectivity index (χ4v) is 1.57. The van der Waals surface area contributed by atoms with Crippen molar-refractivity contribution in [1.29, 1.82) is 0 Å². The van der Waals surface area contributed by atoms with Gasteiger partial charge in [-0.3, -0.25) is 14.9 Å². The molecule has 1 rings (SSSR count). The van der Waals surface area contributed by atoms with Gasteiger partial charge in [0.25, 0.3) is 5.91 Å². The predicted octanol–water partition coefficient (Wildman–Crippen LogP) is 1.35. The Hall–Kier alpha value is -2.15. The van der Waals surface area contributed by atoms with Gasteiger partial charge in [0.05, 0.1) is 4.92 Å². The number of ether oxygens (including phenoxy) is 1. The molecule has 0 spiro atoms. The van der Waals surface area contributed by atoms with Crippen LogP contribution in [0, 0.1) is 10.1 Å². The Balaban J connectivity index is 2.89. The van der Waals surface area contributed by atoms with E-state index in [9.17, 15) is 14.9 Å². The Bertz CT molecular complexity index is 491. The molecule has 0 aliphatic rings. The van der Waals surface area contributed by atoms with Crippen LogP contribution in [0.5, 0.6) is 5.75 Å². The molecule has 0 aliphatic carbocycles. The average molecular weight is 281 g/mol. The van der Waals surface area contributed by atoms with E-state index in [0.29, 0.717) is 12.1 Å². The predicted molar refractivity (Wildman–Crippen MR) is 74.4 cm³/mol. The number of carbonyl (C=O) groups excluding carboxylic acids is 1. The summed E-state index contributed by atoms with van der Waals surface area (Å²) in [6, 6.07) is 4.38. The number of nitrogens with zero attached hydrogens (tertiary/aromatic N) is 1. The Labute approximate surface area is 117 Å². The van der Waals surface area contributed by atoms with Crippen molar-refractivity contribution in [3.05, 3.63) is 33.9 Å². The molecule has 0 fully saturated rings. The molecular formula is C13H19N3O4. The second kappa shape index (κ2) is 7.44. The van der Waals surface area contributed by atoms with Crippen LogP contribution in [0.1, 0.15) is 25.8 Å². The zero-order chi connectivity index (χ0) is 15.1. The van der Waals surface area contributed by atoms with Crippen molar-refractivity contribution in [3.63, 3.8) is 0 Å². The Morgan fingerprint density at radius 1 is 1.55 bits per heavy atom. The molecular weight excluding hydrogens is 262 g/mol. The molecule has 1 aromatic rings. The number of hydrogen-bond donors (Lipinski definition) is 2. The standard InChI is InChI=1S/C13H19N3O4/c1-3-6-15-13(17)9(2)20-12-7-10(8-14)4-5-11(12)16(18)19/h4-5,7,9H,3,6,8,14H2,1-2H3,(H,15,17). The van der Waals surface area contributed by atoms with E-state index >= 15 is 0 Å². The van der Waals surface area contributed by atoms with Crippen molar-refractivity contribution in [2.24, 2.45) is 5.73 Å². The van der Waals surface area contributed by atoms with Crippen LogP contribution in [0.2, 0.25) is 0 Å². The summed E-state index contributed by atoms with van der Waals surface area (Å²) in [5.41, 5.74) is 6.01. The number of nitrogens with one attached hydrogen (secondary N) is 1. The van der Waals surface area contributed by atoms with Gasteiger partial charge >= 0.3 is 5.69 Å². The third-order valence-electron chi connectivity index (χ3n) is 2.68. The molecule has 1 aromatic carbocycles. The van der Waals surface area contributed by atoms with Crippen LogP contribution >= 0.6 is 0 Å². The molecule has 0 radical (unpaired) electrons. The molecule has 0 aliphatic heterocycles. The highest BCUT2D eigenvalue weighted by Gasteiger charge is 2.21. The third kappa shape index (κ3) is 4.20. The lowest BCUT2D eigenvalue weighted by atomic mass is 10.2. The minimum atomic E-state index is -0.812. The minimum Gasteiger partial charge on any atom is -0.474 e. The van der Waals surface area contributed by atoms with E-state index in [1.807, 2.05) is 6.92 Å². The average Bonchev–Trinajstić information content (AvgIpc) is 2.44. The zero-order valence-corrected chi connectivity index (χ0v) is 11.6. The molecule has 110 valence electrons. The Morgan fingerprint density at radius 2 is 2.25 bits per heavy atom. The quantitative estimate of drug-likeness (QED) is 0.579. The molecule has 7 heteroatoms. The highest BCUT2D eigenvalue weighted by atomic mass is 16.6. The molecule has 7 nitrogen and oxygen atoms in total. The molecule has 1 unspecified atom stereocenters. The SMILES string of the molecule is CCCNC(=O)C(C)Oc1cc(CN)ccc1[N+](=O)[O-]. The van der Waals surface area contributed by atoms with E-state index in [1.165, 1.54) is 12.1 Å². The lowest BCUT2D eigenvalue weighted by Gasteiger charge is -2.15. The number of benzene rings is 1. The molecule has 1 amide bonds. The van der Waals surface area contributed by atoms with Crippen molar-refractivity contribution in [2.75, 3.05) is 6.54 Å². The van der Waals surface area contributed by atoms with Gasteiger partial charge in [0.1, 0.15) is 0 Å². The van der Waals surface area contributed by atoms with Gasteiger partial charge in [-0.05, 0) is 25.0 Å². The summed E-state index contributed by atoms with van der Waals surface area (Å²) >= 11 is 0. The monoisotopic (exact) mass is 281 g/mol. The van der Waals surface area contributed by atoms with Crippen LogP contribution in [-0.2, 0) is 11.3 Å². The molecule has 0 saturated carbocycles. The molecule has 20 heavy (non-hydrogen) atoms. The number of nitro benzene ring substituents is 1. The highest BCUT2D eigenvalue weighted by molar-refractivity contribution is 5.80. The first-order valence-electron chi connectivity index (χ1n) is 6.41. The lowest BCUT2D eigenvalue weighted by molar-refractivity contribution is -0.386. The van der Waals surface area contributed by atoms with Crippen molar-refractivity contribution in [2.45, 2.75) is 32.9 Å². The first-order chi connectivity index (χ1) is 9.49. The maximum absolute atomic E-state index is 11.7. The maximum atomic E-state index is 11.7. The molecule has 0 saturated heterocycles. The zero-order valence-electron chi connectivity index (χ0n) is 11.6. The maximum Gasteiger partial charge on any atom is 0.310 e. The molecule has 3 N–H and O–H groups in total. The van der Waals surface area contributed by atoms with Gasteiger partial charge in [-0.2, -0.15) is 0 Å². The molecule has 0 aromatic heterocycles. The summed E-state index contributed by atoms with van der Waals surface area (Å²) in [6.07, 6.45) is -0.00497. The van der Waals surface area contributed by atoms with Crippen LogP contribution in [-0.4, -0.2) is 23.5 Å². The number of hydrogen-bond acceptors (Lipinski definition) is 5. The highest BCUT2D eigenvalue weighted by Crippen LogP contribution is 2.28. The van der Waals surface area contributed by atoms with Gasteiger partial charge in [-0.15, -0.1) is 0 Å². The van der Waals surface area contributed by atoms with E-state index < -0.39 is 11.0 Å². The Morgan fingerprint density at radius 3 is 2.80 bits per heavy atom. The topological polar surface area (TPSA) is 107 Å². The second-order valence-corrected chi connectivity index (χ2v) is 4.31. The van der Waals surface area contributed by atoms with Crippen LogP contribution in [0.25, 0.3) is 0 Å². The van der Waals surface area contributed by atoms with Gasteiger partial charge in [0.2, 0.25) is 0 Å². The van der Waals surface area contributed by atoms with Crippen LogP contribution in [0.4, 0.5) is 5.69 Å². The summed E-state index contributed by atoms with van der Waals surface area (Å²) in [4.78, 5) is 22.1. The fraction of sp³-hybridized carbons (Fsp3) is 0.462. The van der Waals surface area contributed by atoms with Crippen molar-refractivity contribution < 1.29 is 14.5 Å². The smallest absolute Gasteiger partial charge is 0.310 e. The van der Waals surface area contributed by atoms with Gasteiger partial charge in [0, 0.05) is 19.2 Å². The summed E-state index contributed by atoms with van der Waals surface area (Å²) in [7, 11) is 0. The number of nitrogens with two attached hydrogens (primary N) is 1. The van der Waals surface area contributed by atoms with E-state index in [0.717, 1.165) is 6.42 Å². The number of rotatable bonds is 7. The van der Waals surface area contributed by atoms with Gasteiger partial charge in [0.15, 0.2) is 11.9 Å². The van der Waals surface area contributed by atoms with E-state index in [1.54, 1.807) is 13.0 Å². The van der Waals surface area contributed by atoms with E-state index in [4.69, 9.17) is 10.5 Å². The van der Waals surface area contributed by atoms with Crippen molar-refractivity contribution >= 4 is 11.6 Å². The molecule has 0 bridgehead atoms. The molecule has 0 heterocycles. The van der Waals surface area contributed by atoms with Gasteiger partial charge < -0.3 is 15.8 Å². The minimum absolute atomic E-state index is 0.0529. The van der Waals surface area contributed by atoms with Crippen molar-refractivity contribution in [1.82, 2.24) is 5.32 Å². The van der Waals surface area contributed by atoms with Crippen molar-refractivity contribution in [3.8, 4) is 5.75 Å². The number of amides is 1. The summed E-state index contributed by atoms with van der Waals surface area (Å²) in [5, 5.41) is 13.6. The normalized spacial score (nSPS) is 11.8. The van der Waals surface area contributed by atoms with Crippen LogP contribution < -0.4 is 15.8 Å². The summed E-state index contributed by atoms with van der Waals surface area (Å²) in [6.45, 7) is 4.26. The largest absolute Gasteiger partial charge is 0.474 e. The fourth-order valence-electron chi connectivity index (χ4n) is 1.57. The van der Waals surface area contributed by atoms with Crippen LogP contribution in [0.3, 0.4) is 0 Å². The van der Waals surface area contributed by atoms with E-state index in [-0.39, 0.29) is 23.9 Å². The lowest BCUT2D eigenvalue weighted by Crippen LogP contribution is -2.36. The third-order valence-corrected chi connectivity index (χ3v) is 2.68. The van der Waals surface area contributed by atoms with Gasteiger partial charge in [-0.25, -0.2) is 0 Å². The number of nitro groups is 1. The summed E-state index contributed by atoms with van der Waals surface area (Å²) in [5.74, 6) is -0.253. The first-order valence-corrected chi connectivity index (χ1v) is 6.41. The Kier molecular flexibility index (Phi) is 5.92. The summed E-state index contributed by atoms with van der Waals surface area (Å²) < 4.78 is 5.40. The first kappa shape index (κ1) is 15.9. The van der Waals surface area contributed by atoms with Crippen LogP contribution in [0.15, 0.2) is 18.2 Å². The second-order valence-electron chi connectivity index (χ2n) is 4.31.